The lowest BCUT2D eigenvalue weighted by Gasteiger charge is -2.32. The molecule has 5 nitrogen and oxygen atoms in total. The Morgan fingerprint density at radius 1 is 1.71 bits per heavy atom. The van der Waals surface area contributed by atoms with Gasteiger partial charge in [0.15, 0.2) is 0 Å². The zero-order valence-corrected chi connectivity index (χ0v) is 9.80. The van der Waals surface area contributed by atoms with E-state index in [1.807, 2.05) is 17.9 Å². The minimum atomic E-state index is -0.828. The van der Waals surface area contributed by atoms with Crippen molar-refractivity contribution in [1.82, 2.24) is 9.88 Å². The summed E-state index contributed by atoms with van der Waals surface area (Å²) in [7, 11) is 0. The number of aliphatic carboxylic acids is 1. The lowest BCUT2D eigenvalue weighted by Crippen LogP contribution is -2.49. The molecule has 1 saturated heterocycles. The second-order valence-corrected chi connectivity index (χ2v) is 4.20. The lowest BCUT2D eigenvalue weighted by atomic mass is 10.1. The van der Waals surface area contributed by atoms with Crippen LogP contribution in [-0.2, 0) is 16.1 Å². The fraction of sp³-hybridized carbons (Fsp3) is 0.500. The molecule has 0 aliphatic carbocycles. The van der Waals surface area contributed by atoms with Crippen molar-refractivity contribution in [2.24, 2.45) is 0 Å². The van der Waals surface area contributed by atoms with E-state index in [1.165, 1.54) is 0 Å². The highest BCUT2D eigenvalue weighted by Gasteiger charge is 2.29. The normalized spacial score (nSPS) is 21.4. The molecule has 0 aromatic carbocycles. The van der Waals surface area contributed by atoms with Crippen LogP contribution in [0.25, 0.3) is 0 Å². The standard InChI is InChI=1S/C12H16N2O3/c1-9-2-3-13-6-10(9)7-14-4-5-17-8-11(14)12(15)16/h2-3,6,11H,4-5,7-8H2,1H3,(H,15,16). The molecule has 0 saturated carbocycles. The number of carboxylic acids is 1. The maximum atomic E-state index is 11.1. The highest BCUT2D eigenvalue weighted by Crippen LogP contribution is 2.14. The first-order valence-electron chi connectivity index (χ1n) is 5.62. The number of hydrogen-bond donors (Lipinski definition) is 1. The molecule has 1 aliphatic rings. The number of ether oxygens (including phenoxy) is 1. The smallest absolute Gasteiger partial charge is 0.323 e. The van der Waals surface area contributed by atoms with Gasteiger partial charge in [-0.05, 0) is 24.1 Å². The summed E-state index contributed by atoms with van der Waals surface area (Å²) >= 11 is 0. The zero-order valence-electron chi connectivity index (χ0n) is 9.80. The second-order valence-electron chi connectivity index (χ2n) is 4.20. The fourth-order valence-corrected chi connectivity index (χ4v) is 1.94. The molecule has 0 spiro atoms. The third-order valence-corrected chi connectivity index (χ3v) is 3.05. The molecule has 0 bridgehead atoms. The largest absolute Gasteiger partial charge is 0.480 e. The predicted molar refractivity (Wildman–Crippen MR) is 61.6 cm³/mol. The SMILES string of the molecule is Cc1ccncc1CN1CCOCC1C(=O)O. The number of pyridine rings is 1. The molecule has 92 valence electrons. The van der Waals surface area contributed by atoms with Gasteiger partial charge in [-0.25, -0.2) is 0 Å². The van der Waals surface area contributed by atoms with Crippen molar-refractivity contribution >= 4 is 5.97 Å². The Bertz CT molecular complexity index is 408. The van der Waals surface area contributed by atoms with Gasteiger partial charge in [-0.15, -0.1) is 0 Å². The van der Waals surface area contributed by atoms with E-state index in [0.29, 0.717) is 19.7 Å². The zero-order chi connectivity index (χ0) is 12.3. The highest BCUT2D eigenvalue weighted by molar-refractivity contribution is 5.73. The third-order valence-electron chi connectivity index (χ3n) is 3.05. The summed E-state index contributed by atoms with van der Waals surface area (Å²) < 4.78 is 5.20. The molecule has 1 aromatic rings. The van der Waals surface area contributed by atoms with Crippen LogP contribution in [0, 0.1) is 6.92 Å². The summed E-state index contributed by atoms with van der Waals surface area (Å²) in [5.41, 5.74) is 2.20. The van der Waals surface area contributed by atoms with E-state index in [9.17, 15) is 4.79 Å². The molecule has 1 fully saturated rings. The first-order chi connectivity index (χ1) is 8.18. The maximum absolute atomic E-state index is 11.1. The summed E-state index contributed by atoms with van der Waals surface area (Å²) in [6, 6.07) is 1.38. The van der Waals surface area contributed by atoms with E-state index in [-0.39, 0.29) is 6.61 Å². The van der Waals surface area contributed by atoms with Gasteiger partial charge in [-0.3, -0.25) is 14.7 Å². The Morgan fingerprint density at radius 2 is 2.53 bits per heavy atom. The van der Waals surface area contributed by atoms with Gasteiger partial charge in [-0.1, -0.05) is 0 Å². The quantitative estimate of drug-likeness (QED) is 0.836. The lowest BCUT2D eigenvalue weighted by molar-refractivity contribution is -0.150. The van der Waals surface area contributed by atoms with Crippen LogP contribution in [0.15, 0.2) is 18.5 Å². The van der Waals surface area contributed by atoms with Gasteiger partial charge in [0.1, 0.15) is 6.04 Å². The molecule has 1 atom stereocenters. The van der Waals surface area contributed by atoms with Crippen molar-refractivity contribution in [3.05, 3.63) is 29.6 Å². The monoisotopic (exact) mass is 236 g/mol. The van der Waals surface area contributed by atoms with Crippen LogP contribution in [0.3, 0.4) is 0 Å². The summed E-state index contributed by atoms with van der Waals surface area (Å²) in [5, 5.41) is 9.12. The molecular formula is C12H16N2O3. The second kappa shape index (κ2) is 5.25. The van der Waals surface area contributed by atoms with Crippen LogP contribution in [0.5, 0.6) is 0 Å². The average Bonchev–Trinajstić information content (AvgIpc) is 2.32. The van der Waals surface area contributed by atoms with Gasteiger partial charge in [0.2, 0.25) is 0 Å². The third kappa shape index (κ3) is 2.81. The number of hydrogen-bond acceptors (Lipinski definition) is 4. The van der Waals surface area contributed by atoms with Crippen molar-refractivity contribution in [3.63, 3.8) is 0 Å². The van der Waals surface area contributed by atoms with Crippen molar-refractivity contribution < 1.29 is 14.6 Å². The van der Waals surface area contributed by atoms with E-state index in [0.717, 1.165) is 11.1 Å². The van der Waals surface area contributed by atoms with Crippen LogP contribution in [0.1, 0.15) is 11.1 Å². The van der Waals surface area contributed by atoms with Crippen LogP contribution in [0.2, 0.25) is 0 Å². The summed E-state index contributed by atoms with van der Waals surface area (Å²) in [5.74, 6) is -0.828. The van der Waals surface area contributed by atoms with Gasteiger partial charge < -0.3 is 9.84 Å². The van der Waals surface area contributed by atoms with E-state index in [2.05, 4.69) is 4.98 Å². The average molecular weight is 236 g/mol. The van der Waals surface area contributed by atoms with E-state index < -0.39 is 12.0 Å². The van der Waals surface area contributed by atoms with Gasteiger partial charge >= 0.3 is 5.97 Å². The predicted octanol–water partition coefficient (Wildman–Crippen LogP) is 0.675. The molecule has 1 aliphatic heterocycles. The Kier molecular flexibility index (Phi) is 3.71. The maximum Gasteiger partial charge on any atom is 0.323 e. The molecule has 0 amide bonds. The van der Waals surface area contributed by atoms with E-state index >= 15 is 0 Å². The summed E-state index contributed by atoms with van der Waals surface area (Å²) in [6.45, 7) is 4.11. The van der Waals surface area contributed by atoms with E-state index in [4.69, 9.17) is 9.84 Å². The van der Waals surface area contributed by atoms with Crippen LogP contribution in [0.4, 0.5) is 0 Å². The molecule has 0 radical (unpaired) electrons. The molecule has 1 unspecified atom stereocenters. The first kappa shape index (κ1) is 12.0. The first-order valence-corrected chi connectivity index (χ1v) is 5.62. The van der Waals surface area contributed by atoms with Gasteiger partial charge in [0, 0.05) is 25.5 Å². The highest BCUT2D eigenvalue weighted by atomic mass is 16.5. The Hall–Kier alpha value is -1.46. The van der Waals surface area contributed by atoms with Crippen LogP contribution < -0.4 is 0 Å². The Labute approximate surface area is 100 Å². The number of carboxylic acid groups (broad SMARTS) is 1. The number of aromatic nitrogens is 1. The number of nitrogens with zero attached hydrogens (tertiary/aromatic N) is 2. The van der Waals surface area contributed by atoms with Crippen molar-refractivity contribution in [2.45, 2.75) is 19.5 Å². The Morgan fingerprint density at radius 3 is 3.24 bits per heavy atom. The molecule has 17 heavy (non-hydrogen) atoms. The minimum Gasteiger partial charge on any atom is -0.480 e. The van der Waals surface area contributed by atoms with Crippen molar-refractivity contribution in [1.29, 1.82) is 0 Å². The van der Waals surface area contributed by atoms with Crippen molar-refractivity contribution in [2.75, 3.05) is 19.8 Å². The van der Waals surface area contributed by atoms with Crippen LogP contribution >= 0.6 is 0 Å². The van der Waals surface area contributed by atoms with Gasteiger partial charge in [-0.2, -0.15) is 0 Å². The number of morpholine rings is 1. The molecule has 1 N–H and O–H groups in total. The molecule has 2 heterocycles. The Balaban J connectivity index is 2.11. The number of carbonyl (C=O) groups is 1. The summed E-state index contributed by atoms with van der Waals surface area (Å²) in [6.07, 6.45) is 3.54. The summed E-state index contributed by atoms with van der Waals surface area (Å²) in [4.78, 5) is 17.1. The van der Waals surface area contributed by atoms with Crippen LogP contribution in [-0.4, -0.2) is 46.8 Å². The van der Waals surface area contributed by atoms with Gasteiger partial charge in [0.25, 0.3) is 0 Å². The van der Waals surface area contributed by atoms with E-state index in [1.54, 1.807) is 12.4 Å². The fourth-order valence-electron chi connectivity index (χ4n) is 1.94. The minimum absolute atomic E-state index is 0.259. The molecule has 2 rings (SSSR count). The molecule has 1 aromatic heterocycles. The van der Waals surface area contributed by atoms with Gasteiger partial charge in [0.05, 0.1) is 13.2 Å². The molecule has 5 heteroatoms. The topological polar surface area (TPSA) is 62.7 Å². The molecular weight excluding hydrogens is 220 g/mol. The van der Waals surface area contributed by atoms with Crippen molar-refractivity contribution in [3.8, 4) is 0 Å². The number of aryl methyl sites for hydroxylation is 1. The number of rotatable bonds is 3.